The quantitative estimate of drug-likeness (QED) is 0.692. The van der Waals surface area contributed by atoms with Crippen molar-refractivity contribution >= 4 is 27.5 Å². The summed E-state index contributed by atoms with van der Waals surface area (Å²) in [5.74, 6) is 0.429. The van der Waals surface area contributed by atoms with E-state index in [2.05, 4.69) is 0 Å². The number of rotatable bonds is 4. The number of fused-ring (bicyclic) bond motifs is 3. The molecule has 0 N–H and O–H groups in total. The first-order chi connectivity index (χ1) is 12.6. The first-order valence-corrected chi connectivity index (χ1v) is 9.90. The standard InChI is InChI=1S/C20H22FN3OS/c1-3-24-19(25)17-15-6-4-5-7-16(15)26-18(17)22-20(24)23(2)12-13-8-10-14(21)11-9-13/h8-11H,3-7,12H2,1-2H3. The van der Waals surface area contributed by atoms with Crippen LogP contribution in [0.1, 0.15) is 35.8 Å². The lowest BCUT2D eigenvalue weighted by Crippen LogP contribution is -2.30. The van der Waals surface area contributed by atoms with Crippen LogP contribution in [0.15, 0.2) is 29.1 Å². The van der Waals surface area contributed by atoms with Crippen molar-refractivity contribution in [1.29, 1.82) is 0 Å². The van der Waals surface area contributed by atoms with E-state index in [0.717, 1.165) is 35.0 Å². The molecule has 26 heavy (non-hydrogen) atoms. The van der Waals surface area contributed by atoms with E-state index in [-0.39, 0.29) is 11.4 Å². The Morgan fingerprint density at radius 2 is 1.96 bits per heavy atom. The lowest BCUT2D eigenvalue weighted by atomic mass is 9.97. The summed E-state index contributed by atoms with van der Waals surface area (Å²) in [5, 5.41) is 0.825. The van der Waals surface area contributed by atoms with Gasteiger partial charge >= 0.3 is 0 Å². The van der Waals surface area contributed by atoms with Crippen LogP contribution < -0.4 is 10.5 Å². The van der Waals surface area contributed by atoms with Gasteiger partial charge in [0, 0.05) is 25.0 Å². The molecule has 2 aromatic heterocycles. The third-order valence-corrected chi connectivity index (χ3v) is 6.23. The van der Waals surface area contributed by atoms with Crippen LogP contribution in [0, 0.1) is 5.82 Å². The van der Waals surface area contributed by atoms with Crippen molar-refractivity contribution in [3.8, 4) is 0 Å². The van der Waals surface area contributed by atoms with Crippen LogP contribution in [0.5, 0.6) is 0 Å². The molecule has 0 aliphatic heterocycles. The fourth-order valence-corrected chi connectivity index (χ4v) is 4.99. The van der Waals surface area contributed by atoms with Gasteiger partial charge in [0.15, 0.2) is 0 Å². The van der Waals surface area contributed by atoms with Gasteiger partial charge in [0.2, 0.25) is 5.95 Å². The number of hydrogen-bond donors (Lipinski definition) is 0. The van der Waals surface area contributed by atoms with Gasteiger partial charge in [0.1, 0.15) is 10.6 Å². The van der Waals surface area contributed by atoms with E-state index in [0.29, 0.717) is 19.0 Å². The van der Waals surface area contributed by atoms with Crippen molar-refractivity contribution < 1.29 is 4.39 Å². The molecule has 2 heterocycles. The number of halogens is 1. The molecule has 136 valence electrons. The van der Waals surface area contributed by atoms with E-state index in [1.54, 1.807) is 28.0 Å². The summed E-state index contributed by atoms with van der Waals surface area (Å²) in [7, 11) is 1.93. The van der Waals surface area contributed by atoms with Gasteiger partial charge in [0.05, 0.1) is 5.39 Å². The Morgan fingerprint density at radius 1 is 1.23 bits per heavy atom. The van der Waals surface area contributed by atoms with Crippen LogP contribution in [0.3, 0.4) is 0 Å². The van der Waals surface area contributed by atoms with E-state index in [1.807, 2.05) is 18.9 Å². The molecule has 0 spiro atoms. The lowest BCUT2D eigenvalue weighted by Gasteiger charge is -2.22. The average molecular weight is 371 g/mol. The van der Waals surface area contributed by atoms with Crippen molar-refractivity contribution in [2.75, 3.05) is 11.9 Å². The maximum atomic E-state index is 13.2. The molecule has 1 aliphatic rings. The maximum Gasteiger partial charge on any atom is 0.263 e. The number of hydrogen-bond acceptors (Lipinski definition) is 4. The number of thiophene rings is 1. The van der Waals surface area contributed by atoms with Gasteiger partial charge in [-0.3, -0.25) is 9.36 Å². The Morgan fingerprint density at radius 3 is 2.69 bits per heavy atom. The molecule has 0 radical (unpaired) electrons. The van der Waals surface area contributed by atoms with Gasteiger partial charge in [-0.2, -0.15) is 0 Å². The third kappa shape index (κ3) is 2.92. The summed E-state index contributed by atoms with van der Waals surface area (Å²) >= 11 is 1.67. The predicted molar refractivity (Wildman–Crippen MR) is 105 cm³/mol. The summed E-state index contributed by atoms with van der Waals surface area (Å²) < 4.78 is 14.9. The molecule has 1 aliphatic carbocycles. The molecule has 0 saturated carbocycles. The Kier molecular flexibility index (Phi) is 4.53. The largest absolute Gasteiger partial charge is 0.341 e. The summed E-state index contributed by atoms with van der Waals surface area (Å²) in [5.41, 5.74) is 2.28. The molecule has 0 amide bonds. The van der Waals surface area contributed by atoms with Gasteiger partial charge < -0.3 is 4.90 Å². The molecule has 4 nitrogen and oxygen atoms in total. The van der Waals surface area contributed by atoms with Crippen molar-refractivity contribution in [2.24, 2.45) is 0 Å². The molecule has 0 atom stereocenters. The van der Waals surface area contributed by atoms with E-state index in [4.69, 9.17) is 4.98 Å². The summed E-state index contributed by atoms with van der Waals surface area (Å²) in [6.07, 6.45) is 4.39. The van der Waals surface area contributed by atoms with Crippen LogP contribution in [-0.4, -0.2) is 16.6 Å². The Balaban J connectivity index is 1.79. The van der Waals surface area contributed by atoms with Gasteiger partial charge in [-0.15, -0.1) is 11.3 Å². The van der Waals surface area contributed by atoms with Gasteiger partial charge in [-0.05, 0) is 55.9 Å². The van der Waals surface area contributed by atoms with Gasteiger partial charge in [0.25, 0.3) is 5.56 Å². The second-order valence-electron chi connectivity index (χ2n) is 6.83. The maximum absolute atomic E-state index is 13.2. The van der Waals surface area contributed by atoms with E-state index in [9.17, 15) is 9.18 Å². The number of aryl methyl sites for hydroxylation is 2. The van der Waals surface area contributed by atoms with Crippen LogP contribution in [-0.2, 0) is 25.9 Å². The van der Waals surface area contributed by atoms with Crippen molar-refractivity contribution in [3.63, 3.8) is 0 Å². The molecule has 4 rings (SSSR count). The first kappa shape index (κ1) is 17.2. The highest BCUT2D eigenvalue weighted by Gasteiger charge is 2.22. The van der Waals surface area contributed by atoms with Crippen LogP contribution in [0.4, 0.5) is 10.3 Å². The number of benzene rings is 1. The first-order valence-electron chi connectivity index (χ1n) is 9.09. The summed E-state index contributed by atoms with van der Waals surface area (Å²) in [6.45, 7) is 3.13. The topological polar surface area (TPSA) is 38.1 Å². The minimum atomic E-state index is -0.245. The highest BCUT2D eigenvalue weighted by Crippen LogP contribution is 2.34. The van der Waals surface area contributed by atoms with Crippen molar-refractivity contribution in [1.82, 2.24) is 9.55 Å². The Labute approximate surface area is 155 Å². The highest BCUT2D eigenvalue weighted by molar-refractivity contribution is 7.18. The number of anilines is 1. The predicted octanol–water partition coefficient (Wildman–Crippen LogP) is 4.13. The smallest absolute Gasteiger partial charge is 0.263 e. The molecule has 0 saturated heterocycles. The highest BCUT2D eigenvalue weighted by atomic mass is 32.1. The zero-order valence-corrected chi connectivity index (χ0v) is 15.9. The van der Waals surface area contributed by atoms with E-state index < -0.39 is 0 Å². The fraction of sp³-hybridized carbons (Fsp3) is 0.400. The minimum absolute atomic E-state index is 0.0675. The lowest BCUT2D eigenvalue weighted by molar-refractivity contribution is 0.626. The van der Waals surface area contributed by atoms with E-state index in [1.165, 1.54) is 29.0 Å². The number of nitrogens with zero attached hydrogens (tertiary/aromatic N) is 3. The number of aromatic nitrogens is 2. The molecule has 0 bridgehead atoms. The van der Waals surface area contributed by atoms with Crippen LogP contribution >= 0.6 is 11.3 Å². The molecule has 6 heteroatoms. The molecular weight excluding hydrogens is 349 g/mol. The molecule has 3 aromatic rings. The van der Waals surface area contributed by atoms with E-state index >= 15 is 0 Å². The zero-order chi connectivity index (χ0) is 18.3. The molecule has 0 fully saturated rings. The second kappa shape index (κ2) is 6.83. The van der Waals surface area contributed by atoms with Crippen molar-refractivity contribution in [3.05, 3.63) is 56.4 Å². The van der Waals surface area contributed by atoms with Gasteiger partial charge in [-0.1, -0.05) is 12.1 Å². The minimum Gasteiger partial charge on any atom is -0.341 e. The van der Waals surface area contributed by atoms with Crippen molar-refractivity contribution in [2.45, 2.75) is 45.7 Å². The Bertz CT molecular complexity index is 1010. The fourth-order valence-electron chi connectivity index (χ4n) is 3.74. The molecule has 1 aromatic carbocycles. The zero-order valence-electron chi connectivity index (χ0n) is 15.1. The second-order valence-corrected chi connectivity index (χ2v) is 7.92. The summed E-state index contributed by atoms with van der Waals surface area (Å²) in [4.78, 5) is 22.2. The molecular formula is C20H22FN3OS. The molecule has 0 unspecified atom stereocenters. The normalized spacial score (nSPS) is 13.8. The van der Waals surface area contributed by atoms with Crippen LogP contribution in [0.2, 0.25) is 0 Å². The third-order valence-electron chi connectivity index (χ3n) is 5.05. The monoisotopic (exact) mass is 371 g/mol. The van der Waals surface area contributed by atoms with Crippen LogP contribution in [0.25, 0.3) is 10.2 Å². The summed E-state index contributed by atoms with van der Waals surface area (Å²) in [6, 6.07) is 6.45. The van der Waals surface area contributed by atoms with Gasteiger partial charge in [-0.25, -0.2) is 9.37 Å². The SMILES string of the molecule is CCn1c(N(C)Cc2ccc(F)cc2)nc2sc3c(c2c1=O)CCCC3. The average Bonchev–Trinajstić information content (AvgIpc) is 3.02. The Hall–Kier alpha value is -2.21.